The number of aliphatic carboxylic acids is 2. The standard InChI is InChI=1S/2C27H24Cl2FNO4/c2*1-14-10-17(35-9-8-16-6-4-3-5-7-16)11-15(2)22(14)26(32)31-21-13-19(18-12-20(18)27(33)34)23(28)24(29)25(21)30/h2*3-7,10-11,13,18,20H,8-9,12H2,1-2H3,(H,31,32)(H,33,34)/t2*18-,20+/m10/s1. The summed E-state index contributed by atoms with van der Waals surface area (Å²) in [6.45, 7) is 8.11. The first-order valence-electron chi connectivity index (χ1n) is 22.3. The van der Waals surface area contributed by atoms with Gasteiger partial charge in [0.05, 0.1) is 56.5 Å². The number of carboxylic acid groups (broad SMARTS) is 2. The predicted octanol–water partition coefficient (Wildman–Crippen LogP) is 13.6. The van der Waals surface area contributed by atoms with Crippen molar-refractivity contribution in [3.05, 3.63) is 184 Å². The van der Waals surface area contributed by atoms with Gasteiger partial charge in [-0.05, 0) is 133 Å². The van der Waals surface area contributed by atoms with E-state index in [4.69, 9.17) is 55.9 Å². The molecule has 0 heterocycles. The van der Waals surface area contributed by atoms with Gasteiger partial charge in [0, 0.05) is 24.0 Å². The minimum Gasteiger partial charge on any atom is -0.493 e. The minimum absolute atomic E-state index is 0.0275. The van der Waals surface area contributed by atoms with Crippen LogP contribution in [0.25, 0.3) is 0 Å². The van der Waals surface area contributed by atoms with Crippen molar-refractivity contribution in [2.24, 2.45) is 11.8 Å². The van der Waals surface area contributed by atoms with Crippen LogP contribution in [0.2, 0.25) is 20.1 Å². The molecule has 2 aliphatic carbocycles. The Morgan fingerprint density at radius 2 is 0.871 bits per heavy atom. The highest BCUT2D eigenvalue weighted by Gasteiger charge is 2.47. The summed E-state index contributed by atoms with van der Waals surface area (Å²) < 4.78 is 41.4. The molecule has 0 aromatic heterocycles. The van der Waals surface area contributed by atoms with Gasteiger partial charge in [0.2, 0.25) is 0 Å². The molecule has 0 saturated heterocycles. The number of aryl methyl sites for hydroxylation is 4. The highest BCUT2D eigenvalue weighted by molar-refractivity contribution is 6.43. The molecule has 6 aromatic rings. The fraction of sp³-hybridized carbons (Fsp3) is 0.259. The van der Waals surface area contributed by atoms with Gasteiger partial charge in [-0.2, -0.15) is 0 Å². The number of hydrogen-bond donors (Lipinski definition) is 4. The van der Waals surface area contributed by atoms with Crippen molar-refractivity contribution in [1.29, 1.82) is 0 Å². The molecule has 0 radical (unpaired) electrons. The molecule has 6 aromatic carbocycles. The Morgan fingerprint density at radius 3 is 1.17 bits per heavy atom. The van der Waals surface area contributed by atoms with E-state index in [9.17, 15) is 38.2 Å². The predicted molar refractivity (Wildman–Crippen MR) is 269 cm³/mol. The quantitative estimate of drug-likeness (QED) is 0.0700. The number of anilines is 2. The van der Waals surface area contributed by atoms with Gasteiger partial charge < -0.3 is 30.3 Å². The average Bonchev–Trinajstić information content (AvgIpc) is 4.26. The summed E-state index contributed by atoms with van der Waals surface area (Å²) in [5.74, 6) is -5.30. The highest BCUT2D eigenvalue weighted by Crippen LogP contribution is 2.53. The molecule has 0 spiro atoms. The number of rotatable bonds is 16. The lowest BCUT2D eigenvalue weighted by Gasteiger charge is -2.16. The Hall–Kier alpha value is -6.18. The lowest BCUT2D eigenvalue weighted by atomic mass is 10.0. The molecule has 0 bridgehead atoms. The van der Waals surface area contributed by atoms with Gasteiger partial charge in [0.15, 0.2) is 11.6 Å². The Balaban J connectivity index is 0.000000206. The third kappa shape index (κ3) is 12.0. The summed E-state index contributed by atoms with van der Waals surface area (Å²) in [6, 6.07) is 29.8. The number of nitrogens with one attached hydrogen (secondary N) is 2. The van der Waals surface area contributed by atoms with Crippen LogP contribution in [-0.4, -0.2) is 47.2 Å². The van der Waals surface area contributed by atoms with E-state index in [2.05, 4.69) is 10.6 Å². The second-order valence-corrected chi connectivity index (χ2v) is 18.9. The van der Waals surface area contributed by atoms with E-state index in [1.165, 1.54) is 23.3 Å². The molecule has 70 heavy (non-hydrogen) atoms. The number of amides is 2. The van der Waals surface area contributed by atoms with Gasteiger partial charge in [-0.15, -0.1) is 0 Å². The number of ether oxygens (including phenoxy) is 2. The largest absolute Gasteiger partial charge is 0.493 e. The molecule has 2 aliphatic rings. The molecule has 364 valence electrons. The number of carbonyl (C=O) groups is 4. The molecular formula is C54H48Cl4F2N2O8. The van der Waals surface area contributed by atoms with Crippen molar-refractivity contribution >= 4 is 81.5 Å². The van der Waals surface area contributed by atoms with Gasteiger partial charge in [-0.25, -0.2) is 8.78 Å². The van der Waals surface area contributed by atoms with Crippen LogP contribution in [0.1, 0.15) is 89.9 Å². The molecule has 0 unspecified atom stereocenters. The van der Waals surface area contributed by atoms with Crippen LogP contribution in [-0.2, 0) is 22.4 Å². The van der Waals surface area contributed by atoms with Gasteiger partial charge >= 0.3 is 11.9 Å². The minimum atomic E-state index is -0.950. The summed E-state index contributed by atoms with van der Waals surface area (Å²) in [5.41, 5.74) is 6.35. The fourth-order valence-corrected chi connectivity index (χ4v) is 9.53. The molecule has 4 N–H and O–H groups in total. The average molecular weight is 1030 g/mol. The first-order valence-corrected chi connectivity index (χ1v) is 23.8. The van der Waals surface area contributed by atoms with Crippen LogP contribution in [0.15, 0.2) is 97.1 Å². The number of benzene rings is 6. The van der Waals surface area contributed by atoms with E-state index in [1.54, 1.807) is 52.0 Å². The molecule has 10 nitrogen and oxygen atoms in total. The summed E-state index contributed by atoms with van der Waals surface area (Å²) in [5, 5.41) is 22.9. The van der Waals surface area contributed by atoms with Gasteiger partial charge in [-0.1, -0.05) is 107 Å². The topological polar surface area (TPSA) is 151 Å². The van der Waals surface area contributed by atoms with E-state index in [1.807, 2.05) is 60.7 Å². The summed E-state index contributed by atoms with van der Waals surface area (Å²) in [7, 11) is 0. The SMILES string of the molecule is Cc1cc(OCCc2ccccc2)cc(C)c1C(=O)Nc1cc([C@@H]2C[C@H]2C(=O)O)c(Cl)c(Cl)c1F.Cc1cc(OCCc2ccccc2)cc(C)c1C(=O)Nc1cc([C@H]2C[C@@H]2C(=O)O)c(Cl)c(Cl)c1F. The molecule has 0 aliphatic heterocycles. The Labute approximate surface area is 423 Å². The molecule has 16 heteroatoms. The van der Waals surface area contributed by atoms with Crippen molar-refractivity contribution in [2.75, 3.05) is 23.8 Å². The van der Waals surface area contributed by atoms with Gasteiger partial charge in [0.25, 0.3) is 11.8 Å². The van der Waals surface area contributed by atoms with Crippen LogP contribution in [0, 0.1) is 51.2 Å². The van der Waals surface area contributed by atoms with Crippen LogP contribution >= 0.6 is 46.4 Å². The summed E-state index contributed by atoms with van der Waals surface area (Å²) in [4.78, 5) is 48.7. The van der Waals surface area contributed by atoms with Crippen molar-refractivity contribution in [2.45, 2.75) is 65.2 Å². The number of carbonyl (C=O) groups excluding carboxylic acids is 2. The lowest BCUT2D eigenvalue weighted by molar-refractivity contribution is -0.139. The fourth-order valence-electron chi connectivity index (χ4n) is 8.55. The summed E-state index contributed by atoms with van der Waals surface area (Å²) >= 11 is 24.5. The number of hydrogen-bond acceptors (Lipinski definition) is 6. The zero-order chi connectivity index (χ0) is 50.6. The molecule has 8 rings (SSSR count). The highest BCUT2D eigenvalue weighted by atomic mass is 35.5. The Bertz CT molecular complexity index is 2750. The van der Waals surface area contributed by atoms with Crippen molar-refractivity contribution < 1.29 is 47.6 Å². The second kappa shape index (κ2) is 22.3. The van der Waals surface area contributed by atoms with Crippen LogP contribution in [0.4, 0.5) is 20.2 Å². The normalized spacial score (nSPS) is 16.6. The summed E-state index contributed by atoms with van der Waals surface area (Å²) in [6.07, 6.45) is 2.27. The molecule has 2 amide bonds. The third-order valence-electron chi connectivity index (χ3n) is 12.3. The molecule has 2 saturated carbocycles. The number of carboxylic acids is 2. The van der Waals surface area contributed by atoms with Crippen LogP contribution in [0.5, 0.6) is 11.5 Å². The first kappa shape index (κ1) is 51.7. The van der Waals surface area contributed by atoms with Gasteiger partial charge in [-0.3, -0.25) is 19.2 Å². The first-order chi connectivity index (χ1) is 33.3. The maximum atomic E-state index is 14.8. The third-order valence-corrected chi connectivity index (χ3v) is 14.0. The van der Waals surface area contributed by atoms with Crippen molar-refractivity contribution in [1.82, 2.24) is 0 Å². The monoisotopic (exact) mass is 1030 g/mol. The lowest BCUT2D eigenvalue weighted by Crippen LogP contribution is -2.17. The zero-order valence-electron chi connectivity index (χ0n) is 38.4. The van der Waals surface area contributed by atoms with Gasteiger partial charge in [0.1, 0.15) is 11.5 Å². The van der Waals surface area contributed by atoms with E-state index < -0.39 is 47.2 Å². The van der Waals surface area contributed by atoms with Crippen LogP contribution in [0.3, 0.4) is 0 Å². The smallest absolute Gasteiger partial charge is 0.307 e. The Morgan fingerprint density at radius 1 is 0.543 bits per heavy atom. The second-order valence-electron chi connectivity index (χ2n) is 17.4. The van der Waals surface area contributed by atoms with Crippen molar-refractivity contribution in [3.63, 3.8) is 0 Å². The van der Waals surface area contributed by atoms with Crippen molar-refractivity contribution in [3.8, 4) is 11.5 Å². The molecule has 4 atom stereocenters. The molecule has 2 fully saturated rings. The number of halogens is 6. The van der Waals surface area contributed by atoms with Crippen LogP contribution < -0.4 is 20.1 Å². The zero-order valence-corrected chi connectivity index (χ0v) is 41.4. The van der Waals surface area contributed by atoms with E-state index in [0.717, 1.165) is 12.8 Å². The Kier molecular flexibility index (Phi) is 16.4. The van der Waals surface area contributed by atoms with E-state index in [0.29, 0.717) is 82.1 Å². The molecular weight excluding hydrogens is 984 g/mol. The maximum absolute atomic E-state index is 14.8. The van der Waals surface area contributed by atoms with E-state index >= 15 is 0 Å². The van der Waals surface area contributed by atoms with E-state index in [-0.39, 0.29) is 43.3 Å². The maximum Gasteiger partial charge on any atom is 0.307 e.